The number of thiophene rings is 1. The van der Waals surface area contributed by atoms with Gasteiger partial charge in [-0.3, -0.25) is 15.0 Å². The number of non-ortho nitro benzene ring substituents is 1. The molecule has 21 heavy (non-hydrogen) atoms. The van der Waals surface area contributed by atoms with Crippen LogP contribution in [0, 0.1) is 17.0 Å². The van der Waals surface area contributed by atoms with E-state index in [4.69, 9.17) is 0 Å². The Labute approximate surface area is 128 Å². The van der Waals surface area contributed by atoms with Crippen molar-refractivity contribution in [1.29, 1.82) is 0 Å². The average Bonchev–Trinajstić information content (AvgIpc) is 3.23. The summed E-state index contributed by atoms with van der Waals surface area (Å²) < 4.78 is 0. The molecular weight excluding hydrogens is 284 g/mol. The molecule has 1 aromatic heterocycles. The zero-order valence-electron chi connectivity index (χ0n) is 12.0. The molecule has 0 saturated heterocycles. The summed E-state index contributed by atoms with van der Waals surface area (Å²) in [4.78, 5) is 15.6. The van der Waals surface area contributed by atoms with Crippen molar-refractivity contribution in [2.24, 2.45) is 0 Å². The van der Waals surface area contributed by atoms with Crippen LogP contribution < -0.4 is 0 Å². The number of hydrogen-bond acceptors (Lipinski definition) is 4. The first-order valence-corrected chi connectivity index (χ1v) is 7.96. The lowest BCUT2D eigenvalue weighted by molar-refractivity contribution is -0.384. The van der Waals surface area contributed by atoms with Crippen molar-refractivity contribution in [3.05, 3.63) is 61.8 Å². The second kappa shape index (κ2) is 5.95. The molecule has 1 saturated carbocycles. The molecule has 0 amide bonds. The van der Waals surface area contributed by atoms with Crippen LogP contribution in [0.5, 0.6) is 0 Å². The summed E-state index contributed by atoms with van der Waals surface area (Å²) in [6.45, 7) is 3.96. The highest BCUT2D eigenvalue weighted by molar-refractivity contribution is 7.11. The quantitative estimate of drug-likeness (QED) is 0.595. The van der Waals surface area contributed by atoms with Gasteiger partial charge in [-0.15, -0.1) is 11.3 Å². The third-order valence-corrected chi connectivity index (χ3v) is 4.74. The first-order chi connectivity index (χ1) is 10.1. The minimum absolute atomic E-state index is 0.158. The number of nitro benzene ring substituents is 1. The van der Waals surface area contributed by atoms with Crippen LogP contribution in [0.3, 0.4) is 0 Å². The van der Waals surface area contributed by atoms with Crippen molar-refractivity contribution in [3.63, 3.8) is 0 Å². The van der Waals surface area contributed by atoms with Crippen molar-refractivity contribution in [2.45, 2.75) is 38.9 Å². The summed E-state index contributed by atoms with van der Waals surface area (Å²) in [5.41, 5.74) is 1.30. The van der Waals surface area contributed by atoms with Gasteiger partial charge in [0, 0.05) is 41.0 Å². The fraction of sp³-hybridized carbons (Fsp3) is 0.375. The molecule has 1 heterocycles. The minimum atomic E-state index is -0.350. The Kier molecular flexibility index (Phi) is 4.03. The summed E-state index contributed by atoms with van der Waals surface area (Å²) in [5, 5.41) is 10.7. The highest BCUT2D eigenvalue weighted by Gasteiger charge is 2.29. The van der Waals surface area contributed by atoms with Crippen LogP contribution in [0.15, 0.2) is 36.4 Å². The Morgan fingerprint density at radius 1 is 1.19 bits per heavy atom. The van der Waals surface area contributed by atoms with Crippen LogP contribution in [-0.4, -0.2) is 15.9 Å². The standard InChI is InChI=1S/C16H18N2O2S/c1-12-2-9-16(21-12)11-17(14-7-8-14)10-13-3-5-15(6-4-13)18(19)20/h2-6,9,14H,7-8,10-11H2,1H3. The monoisotopic (exact) mass is 302 g/mol. The molecule has 0 spiro atoms. The maximum atomic E-state index is 10.7. The maximum absolute atomic E-state index is 10.7. The van der Waals surface area contributed by atoms with Gasteiger partial charge in [-0.05, 0) is 37.5 Å². The third kappa shape index (κ3) is 3.68. The van der Waals surface area contributed by atoms with E-state index in [-0.39, 0.29) is 10.6 Å². The Balaban J connectivity index is 1.68. The largest absolute Gasteiger partial charge is 0.291 e. The normalized spacial score (nSPS) is 14.6. The lowest BCUT2D eigenvalue weighted by Gasteiger charge is -2.21. The predicted molar refractivity (Wildman–Crippen MR) is 84.4 cm³/mol. The minimum Gasteiger partial charge on any atom is -0.291 e. The molecule has 1 aromatic carbocycles. The molecular formula is C16H18N2O2S. The molecule has 2 aromatic rings. The molecule has 0 unspecified atom stereocenters. The van der Waals surface area contributed by atoms with E-state index in [0.717, 1.165) is 18.7 Å². The van der Waals surface area contributed by atoms with E-state index in [9.17, 15) is 10.1 Å². The first kappa shape index (κ1) is 14.2. The molecule has 0 aliphatic heterocycles. The van der Waals surface area contributed by atoms with Gasteiger partial charge in [0.25, 0.3) is 5.69 Å². The predicted octanol–water partition coefficient (Wildman–Crippen LogP) is 4.13. The van der Waals surface area contributed by atoms with Crippen LogP contribution in [0.25, 0.3) is 0 Å². The Bertz CT molecular complexity index is 632. The van der Waals surface area contributed by atoms with Gasteiger partial charge in [0.1, 0.15) is 0 Å². The number of aryl methyl sites for hydroxylation is 1. The SMILES string of the molecule is Cc1ccc(CN(Cc2ccc([N+](=O)[O-])cc2)C2CC2)s1. The smallest absolute Gasteiger partial charge is 0.269 e. The summed E-state index contributed by atoms with van der Waals surface area (Å²) >= 11 is 1.85. The van der Waals surface area contributed by atoms with Gasteiger partial charge >= 0.3 is 0 Å². The van der Waals surface area contributed by atoms with E-state index < -0.39 is 0 Å². The van der Waals surface area contributed by atoms with Gasteiger partial charge in [-0.2, -0.15) is 0 Å². The molecule has 4 nitrogen and oxygen atoms in total. The number of nitrogens with zero attached hydrogens (tertiary/aromatic N) is 2. The molecule has 0 radical (unpaired) electrons. The summed E-state index contributed by atoms with van der Waals surface area (Å²) in [5.74, 6) is 0. The second-order valence-electron chi connectivity index (χ2n) is 5.57. The zero-order chi connectivity index (χ0) is 14.8. The molecule has 1 aliphatic rings. The van der Waals surface area contributed by atoms with Gasteiger partial charge in [-0.1, -0.05) is 12.1 Å². The van der Waals surface area contributed by atoms with E-state index >= 15 is 0 Å². The van der Waals surface area contributed by atoms with E-state index in [1.54, 1.807) is 12.1 Å². The summed E-state index contributed by atoms with van der Waals surface area (Å²) in [6, 6.07) is 12.0. The number of hydrogen-bond donors (Lipinski definition) is 0. The van der Waals surface area contributed by atoms with Crippen molar-refractivity contribution >= 4 is 17.0 Å². The highest BCUT2D eigenvalue weighted by Crippen LogP contribution is 2.31. The van der Waals surface area contributed by atoms with Crippen molar-refractivity contribution in [3.8, 4) is 0 Å². The zero-order valence-corrected chi connectivity index (χ0v) is 12.8. The Morgan fingerprint density at radius 2 is 1.90 bits per heavy atom. The fourth-order valence-electron chi connectivity index (χ4n) is 2.48. The summed E-state index contributed by atoms with van der Waals surface area (Å²) in [7, 11) is 0. The lowest BCUT2D eigenvalue weighted by atomic mass is 10.2. The molecule has 3 rings (SSSR count). The van der Waals surface area contributed by atoms with E-state index in [2.05, 4.69) is 24.0 Å². The van der Waals surface area contributed by atoms with Gasteiger partial charge in [-0.25, -0.2) is 0 Å². The van der Waals surface area contributed by atoms with E-state index in [0.29, 0.717) is 6.04 Å². The van der Waals surface area contributed by atoms with E-state index in [1.165, 1.54) is 22.6 Å². The molecule has 5 heteroatoms. The molecule has 0 bridgehead atoms. The Hall–Kier alpha value is -1.72. The van der Waals surface area contributed by atoms with Crippen molar-refractivity contribution in [1.82, 2.24) is 4.90 Å². The first-order valence-electron chi connectivity index (χ1n) is 7.14. The molecule has 110 valence electrons. The van der Waals surface area contributed by atoms with Gasteiger partial charge in [0.2, 0.25) is 0 Å². The topological polar surface area (TPSA) is 46.4 Å². The van der Waals surface area contributed by atoms with E-state index in [1.807, 2.05) is 23.5 Å². The van der Waals surface area contributed by atoms with Crippen LogP contribution in [-0.2, 0) is 13.1 Å². The average molecular weight is 302 g/mol. The fourth-order valence-corrected chi connectivity index (χ4v) is 3.40. The van der Waals surface area contributed by atoms with Crippen LogP contribution in [0.4, 0.5) is 5.69 Å². The van der Waals surface area contributed by atoms with Crippen LogP contribution >= 0.6 is 11.3 Å². The van der Waals surface area contributed by atoms with Crippen LogP contribution in [0.2, 0.25) is 0 Å². The van der Waals surface area contributed by atoms with Crippen molar-refractivity contribution < 1.29 is 4.92 Å². The third-order valence-electron chi connectivity index (χ3n) is 3.75. The number of benzene rings is 1. The highest BCUT2D eigenvalue weighted by atomic mass is 32.1. The molecule has 1 aliphatic carbocycles. The second-order valence-corrected chi connectivity index (χ2v) is 6.94. The van der Waals surface area contributed by atoms with Gasteiger partial charge < -0.3 is 0 Å². The maximum Gasteiger partial charge on any atom is 0.269 e. The molecule has 1 fully saturated rings. The number of rotatable bonds is 6. The van der Waals surface area contributed by atoms with Crippen molar-refractivity contribution in [2.75, 3.05) is 0 Å². The Morgan fingerprint density at radius 3 is 2.43 bits per heavy atom. The van der Waals surface area contributed by atoms with Gasteiger partial charge in [0.05, 0.1) is 4.92 Å². The molecule has 0 atom stereocenters. The van der Waals surface area contributed by atoms with Gasteiger partial charge in [0.15, 0.2) is 0 Å². The van der Waals surface area contributed by atoms with Crippen LogP contribution in [0.1, 0.15) is 28.2 Å². The summed E-state index contributed by atoms with van der Waals surface area (Å²) in [6.07, 6.45) is 2.52. The lowest BCUT2D eigenvalue weighted by Crippen LogP contribution is -2.24. The number of nitro groups is 1. The molecule has 0 N–H and O–H groups in total.